The molecule has 1 unspecified atom stereocenters. The number of carbonyl (C=O) groups is 1. The van der Waals surface area contributed by atoms with E-state index in [1.54, 1.807) is 30.2 Å². The molecule has 3 aromatic rings. The van der Waals surface area contributed by atoms with E-state index in [1.165, 1.54) is 0 Å². The number of halogens is 3. The molecular formula is C24H18Cl3NO2. The fourth-order valence-corrected chi connectivity index (χ4v) is 4.39. The van der Waals surface area contributed by atoms with Gasteiger partial charge in [-0.05, 0) is 47.9 Å². The predicted molar refractivity (Wildman–Crippen MR) is 122 cm³/mol. The monoisotopic (exact) mass is 457 g/mol. The maximum atomic E-state index is 13.6. The van der Waals surface area contributed by atoms with E-state index < -0.39 is 0 Å². The molecular weight excluding hydrogens is 441 g/mol. The number of nitrogens with zero attached hydrogens (tertiary/aromatic N) is 1. The summed E-state index contributed by atoms with van der Waals surface area (Å²) in [5, 5.41) is 1.30. The van der Waals surface area contributed by atoms with Gasteiger partial charge in [-0.25, -0.2) is 0 Å². The van der Waals surface area contributed by atoms with Crippen molar-refractivity contribution in [2.45, 2.75) is 12.5 Å². The molecule has 0 saturated heterocycles. The van der Waals surface area contributed by atoms with E-state index in [4.69, 9.17) is 39.5 Å². The van der Waals surface area contributed by atoms with E-state index in [-0.39, 0.29) is 17.5 Å². The standard InChI is InChI=1S/C24H18Cl3NO2/c1-30-22-8-3-2-5-18(22)21-13-16(15-9-11-17(25)12-10-15)14-28(21)24(29)23-19(26)6-4-7-20(23)27/h2-12,14,21H,13H2,1H3. The summed E-state index contributed by atoms with van der Waals surface area (Å²) in [5.41, 5.74) is 3.21. The van der Waals surface area contributed by atoms with Crippen LogP contribution in [0.3, 0.4) is 0 Å². The quantitative estimate of drug-likeness (QED) is 0.411. The molecule has 1 aliphatic rings. The van der Waals surface area contributed by atoms with E-state index in [9.17, 15) is 4.79 Å². The third-order valence-electron chi connectivity index (χ3n) is 5.17. The molecule has 0 fully saturated rings. The molecule has 1 amide bonds. The van der Waals surface area contributed by atoms with Crippen LogP contribution in [0, 0.1) is 0 Å². The minimum Gasteiger partial charge on any atom is -0.496 e. The number of rotatable bonds is 4. The fraction of sp³-hybridized carbons (Fsp3) is 0.125. The summed E-state index contributed by atoms with van der Waals surface area (Å²) in [5.74, 6) is 0.460. The molecule has 1 aliphatic heterocycles. The highest BCUT2D eigenvalue weighted by atomic mass is 35.5. The van der Waals surface area contributed by atoms with Crippen LogP contribution >= 0.6 is 34.8 Å². The van der Waals surface area contributed by atoms with Crippen molar-refractivity contribution < 1.29 is 9.53 Å². The molecule has 0 radical (unpaired) electrons. The fourth-order valence-electron chi connectivity index (χ4n) is 3.71. The van der Waals surface area contributed by atoms with Crippen molar-refractivity contribution >= 4 is 46.3 Å². The number of ether oxygens (including phenoxy) is 1. The molecule has 3 nitrogen and oxygen atoms in total. The van der Waals surface area contributed by atoms with Crippen molar-refractivity contribution in [3.05, 3.63) is 105 Å². The topological polar surface area (TPSA) is 29.5 Å². The lowest BCUT2D eigenvalue weighted by atomic mass is 9.97. The van der Waals surface area contributed by atoms with Gasteiger partial charge in [0.05, 0.1) is 28.8 Å². The van der Waals surface area contributed by atoms with Crippen molar-refractivity contribution in [1.29, 1.82) is 0 Å². The first-order valence-electron chi connectivity index (χ1n) is 9.36. The number of benzene rings is 3. The Balaban J connectivity index is 1.81. The molecule has 152 valence electrons. The Bertz CT molecular complexity index is 1110. The molecule has 4 rings (SSSR count). The maximum Gasteiger partial charge on any atom is 0.261 e. The van der Waals surface area contributed by atoms with Crippen LogP contribution in [-0.2, 0) is 0 Å². The van der Waals surface area contributed by atoms with E-state index in [1.807, 2.05) is 54.7 Å². The van der Waals surface area contributed by atoms with Gasteiger partial charge in [-0.2, -0.15) is 0 Å². The van der Waals surface area contributed by atoms with Crippen LogP contribution in [0.2, 0.25) is 15.1 Å². The van der Waals surface area contributed by atoms with Gasteiger partial charge in [0.1, 0.15) is 5.75 Å². The van der Waals surface area contributed by atoms with Crippen LogP contribution in [0.15, 0.2) is 72.9 Å². The highest BCUT2D eigenvalue weighted by Gasteiger charge is 2.34. The van der Waals surface area contributed by atoms with E-state index >= 15 is 0 Å². The van der Waals surface area contributed by atoms with E-state index in [0.29, 0.717) is 21.5 Å². The second kappa shape index (κ2) is 8.73. The smallest absolute Gasteiger partial charge is 0.261 e. The molecule has 0 bridgehead atoms. The van der Waals surface area contributed by atoms with Crippen molar-refractivity contribution in [2.75, 3.05) is 7.11 Å². The summed E-state index contributed by atoms with van der Waals surface area (Å²) in [6.45, 7) is 0. The first-order valence-corrected chi connectivity index (χ1v) is 10.5. The summed E-state index contributed by atoms with van der Waals surface area (Å²) in [6.07, 6.45) is 2.48. The Labute approximate surface area is 190 Å². The zero-order valence-electron chi connectivity index (χ0n) is 16.1. The van der Waals surface area contributed by atoms with Crippen molar-refractivity contribution in [1.82, 2.24) is 4.90 Å². The van der Waals surface area contributed by atoms with Crippen LogP contribution in [0.25, 0.3) is 5.57 Å². The predicted octanol–water partition coefficient (Wildman–Crippen LogP) is 7.28. The molecule has 0 spiro atoms. The third kappa shape index (κ3) is 3.93. The van der Waals surface area contributed by atoms with Crippen LogP contribution in [0.4, 0.5) is 0 Å². The number of carbonyl (C=O) groups excluding carboxylic acids is 1. The van der Waals surface area contributed by atoms with Crippen molar-refractivity contribution in [3.8, 4) is 5.75 Å². The Kier molecular flexibility index (Phi) is 6.05. The van der Waals surface area contributed by atoms with Crippen LogP contribution in [0.1, 0.15) is 33.9 Å². The molecule has 0 saturated carbocycles. The molecule has 6 heteroatoms. The van der Waals surface area contributed by atoms with E-state index in [0.717, 1.165) is 22.4 Å². The zero-order valence-corrected chi connectivity index (χ0v) is 18.4. The minimum atomic E-state index is -0.259. The van der Waals surface area contributed by atoms with Gasteiger partial charge in [0.2, 0.25) is 0 Å². The molecule has 0 N–H and O–H groups in total. The van der Waals surface area contributed by atoms with Gasteiger partial charge in [-0.15, -0.1) is 0 Å². The van der Waals surface area contributed by atoms with Crippen molar-refractivity contribution in [3.63, 3.8) is 0 Å². The average molecular weight is 459 g/mol. The summed E-state index contributed by atoms with van der Waals surface area (Å²) < 4.78 is 5.56. The Morgan fingerprint density at radius 1 is 0.933 bits per heavy atom. The van der Waals surface area contributed by atoms with Gasteiger partial charge in [0.25, 0.3) is 5.91 Å². The Morgan fingerprint density at radius 3 is 2.27 bits per heavy atom. The first-order chi connectivity index (χ1) is 14.5. The highest BCUT2D eigenvalue weighted by molar-refractivity contribution is 6.39. The van der Waals surface area contributed by atoms with Gasteiger partial charge in [0, 0.05) is 16.8 Å². The number of hydrogen-bond acceptors (Lipinski definition) is 2. The minimum absolute atomic E-state index is 0.258. The lowest BCUT2D eigenvalue weighted by Gasteiger charge is -2.26. The van der Waals surface area contributed by atoms with Gasteiger partial charge in [-0.1, -0.05) is 71.2 Å². The second-order valence-corrected chi connectivity index (χ2v) is 8.18. The number of methoxy groups -OCH3 is 1. The third-order valence-corrected chi connectivity index (χ3v) is 6.05. The van der Waals surface area contributed by atoms with Gasteiger partial charge < -0.3 is 9.64 Å². The van der Waals surface area contributed by atoms with Crippen LogP contribution in [0.5, 0.6) is 5.75 Å². The van der Waals surface area contributed by atoms with Gasteiger partial charge in [-0.3, -0.25) is 4.79 Å². The Hall–Kier alpha value is -2.46. The number of para-hydroxylation sites is 1. The Morgan fingerprint density at radius 2 is 1.60 bits per heavy atom. The zero-order chi connectivity index (χ0) is 21.3. The van der Waals surface area contributed by atoms with Crippen LogP contribution < -0.4 is 4.74 Å². The summed E-state index contributed by atoms with van der Waals surface area (Å²) in [4.78, 5) is 15.2. The normalized spacial score (nSPS) is 15.8. The van der Waals surface area contributed by atoms with Gasteiger partial charge >= 0.3 is 0 Å². The molecule has 1 atom stereocenters. The molecule has 3 aromatic carbocycles. The summed E-state index contributed by atoms with van der Waals surface area (Å²) in [6, 6.07) is 20.1. The molecule has 0 aliphatic carbocycles. The lowest BCUT2D eigenvalue weighted by Crippen LogP contribution is -2.28. The molecule has 0 aromatic heterocycles. The summed E-state index contributed by atoms with van der Waals surface area (Å²) in [7, 11) is 1.62. The number of hydrogen-bond donors (Lipinski definition) is 0. The molecule has 30 heavy (non-hydrogen) atoms. The van der Waals surface area contributed by atoms with Crippen molar-refractivity contribution in [2.24, 2.45) is 0 Å². The first kappa shape index (κ1) is 20.8. The van der Waals surface area contributed by atoms with E-state index in [2.05, 4.69) is 0 Å². The SMILES string of the molecule is COc1ccccc1C1CC(c2ccc(Cl)cc2)=CN1C(=O)c1c(Cl)cccc1Cl. The van der Waals surface area contributed by atoms with Crippen LogP contribution in [-0.4, -0.2) is 17.9 Å². The summed E-state index contributed by atoms with van der Waals surface area (Å²) >= 11 is 18.7. The molecule has 1 heterocycles. The number of amides is 1. The lowest BCUT2D eigenvalue weighted by molar-refractivity contribution is 0.0783. The largest absolute Gasteiger partial charge is 0.496 e. The maximum absolute atomic E-state index is 13.6. The second-order valence-electron chi connectivity index (χ2n) is 6.93. The average Bonchev–Trinajstić information content (AvgIpc) is 3.19. The highest BCUT2D eigenvalue weighted by Crippen LogP contribution is 2.43. The van der Waals surface area contributed by atoms with Gasteiger partial charge in [0.15, 0.2) is 0 Å².